The lowest BCUT2D eigenvalue weighted by Crippen LogP contribution is -2.49. The number of aryl methyl sites for hydroxylation is 1. The Morgan fingerprint density at radius 3 is 2.46 bits per heavy atom. The molecule has 24 heavy (non-hydrogen) atoms. The molecular formula is C19H22FN3S. The molecule has 1 aliphatic rings. The molecule has 5 heteroatoms. The highest BCUT2D eigenvalue weighted by Crippen LogP contribution is 2.13. The third-order valence-electron chi connectivity index (χ3n) is 4.26. The normalized spacial score (nSPS) is 15.3. The first-order valence-electron chi connectivity index (χ1n) is 8.19. The summed E-state index contributed by atoms with van der Waals surface area (Å²) in [6.45, 7) is 6.78. The predicted octanol–water partition coefficient (Wildman–Crippen LogP) is 3.65. The highest BCUT2D eigenvalue weighted by atomic mass is 32.1. The van der Waals surface area contributed by atoms with Crippen LogP contribution in [0.1, 0.15) is 11.1 Å². The summed E-state index contributed by atoms with van der Waals surface area (Å²) in [5.41, 5.74) is 3.33. The fraction of sp³-hybridized carbons (Fsp3) is 0.316. The van der Waals surface area contributed by atoms with Crippen LogP contribution < -0.4 is 5.32 Å². The molecule has 1 N–H and O–H groups in total. The average Bonchev–Trinajstić information content (AvgIpc) is 2.57. The number of thiocarbonyl (C=S) groups is 1. The lowest BCUT2D eigenvalue weighted by Gasteiger charge is -2.36. The minimum atomic E-state index is -0.259. The van der Waals surface area contributed by atoms with Crippen molar-refractivity contribution in [3.8, 4) is 0 Å². The number of rotatable bonds is 3. The highest BCUT2D eigenvalue weighted by Gasteiger charge is 2.19. The lowest BCUT2D eigenvalue weighted by molar-refractivity contribution is 0.177. The van der Waals surface area contributed by atoms with E-state index in [0.29, 0.717) is 10.8 Å². The first-order valence-corrected chi connectivity index (χ1v) is 8.60. The number of piperazine rings is 1. The summed E-state index contributed by atoms with van der Waals surface area (Å²) in [5, 5.41) is 3.78. The van der Waals surface area contributed by atoms with Crippen LogP contribution in [0.2, 0.25) is 0 Å². The van der Waals surface area contributed by atoms with Gasteiger partial charge in [-0.15, -0.1) is 0 Å². The van der Waals surface area contributed by atoms with E-state index in [1.54, 1.807) is 6.07 Å². The van der Waals surface area contributed by atoms with Gasteiger partial charge in [0.15, 0.2) is 5.11 Å². The first-order chi connectivity index (χ1) is 11.6. The molecule has 0 unspecified atom stereocenters. The van der Waals surface area contributed by atoms with E-state index in [-0.39, 0.29) is 5.82 Å². The molecule has 0 aromatic heterocycles. The van der Waals surface area contributed by atoms with Gasteiger partial charge in [-0.05, 0) is 42.9 Å². The van der Waals surface area contributed by atoms with E-state index in [0.717, 1.165) is 32.7 Å². The molecule has 0 saturated carbocycles. The number of hydrogen-bond donors (Lipinski definition) is 1. The van der Waals surface area contributed by atoms with Gasteiger partial charge in [0.2, 0.25) is 0 Å². The summed E-state index contributed by atoms with van der Waals surface area (Å²) in [4.78, 5) is 4.58. The van der Waals surface area contributed by atoms with Crippen molar-refractivity contribution in [2.24, 2.45) is 0 Å². The van der Waals surface area contributed by atoms with Crippen LogP contribution in [-0.4, -0.2) is 41.1 Å². The zero-order valence-electron chi connectivity index (χ0n) is 13.8. The Hall–Kier alpha value is -1.98. The van der Waals surface area contributed by atoms with Gasteiger partial charge < -0.3 is 10.2 Å². The van der Waals surface area contributed by atoms with Gasteiger partial charge in [0.25, 0.3) is 0 Å². The van der Waals surface area contributed by atoms with Gasteiger partial charge in [0.1, 0.15) is 5.82 Å². The van der Waals surface area contributed by atoms with Crippen molar-refractivity contribution in [3.63, 3.8) is 0 Å². The Morgan fingerprint density at radius 1 is 1.08 bits per heavy atom. The zero-order chi connectivity index (χ0) is 16.9. The molecule has 1 aliphatic heterocycles. The van der Waals surface area contributed by atoms with Gasteiger partial charge >= 0.3 is 0 Å². The van der Waals surface area contributed by atoms with Gasteiger partial charge in [0, 0.05) is 38.4 Å². The molecule has 1 saturated heterocycles. The second-order valence-electron chi connectivity index (χ2n) is 6.19. The Morgan fingerprint density at radius 2 is 1.79 bits per heavy atom. The number of halogens is 1. The number of anilines is 1. The molecule has 0 radical (unpaired) electrons. The zero-order valence-corrected chi connectivity index (χ0v) is 14.7. The van der Waals surface area contributed by atoms with Crippen molar-refractivity contribution in [2.75, 3.05) is 31.5 Å². The second kappa shape index (κ2) is 7.73. The first kappa shape index (κ1) is 16.9. The topological polar surface area (TPSA) is 18.5 Å². The maximum Gasteiger partial charge on any atom is 0.173 e. The van der Waals surface area contributed by atoms with Crippen molar-refractivity contribution in [1.82, 2.24) is 9.80 Å². The molecule has 3 rings (SSSR count). The predicted molar refractivity (Wildman–Crippen MR) is 101 cm³/mol. The molecule has 126 valence electrons. The fourth-order valence-electron chi connectivity index (χ4n) is 2.83. The van der Waals surface area contributed by atoms with Gasteiger partial charge in [-0.25, -0.2) is 4.39 Å². The highest BCUT2D eigenvalue weighted by molar-refractivity contribution is 7.80. The van der Waals surface area contributed by atoms with E-state index in [2.05, 4.69) is 46.3 Å². The van der Waals surface area contributed by atoms with Crippen LogP contribution >= 0.6 is 12.2 Å². The van der Waals surface area contributed by atoms with E-state index >= 15 is 0 Å². The monoisotopic (exact) mass is 343 g/mol. The molecule has 0 aliphatic carbocycles. The van der Waals surface area contributed by atoms with E-state index in [9.17, 15) is 4.39 Å². The largest absolute Gasteiger partial charge is 0.346 e. The van der Waals surface area contributed by atoms with E-state index in [4.69, 9.17) is 12.2 Å². The van der Waals surface area contributed by atoms with Crippen molar-refractivity contribution < 1.29 is 4.39 Å². The Bertz CT molecular complexity index is 694. The summed E-state index contributed by atoms with van der Waals surface area (Å²) >= 11 is 5.46. The quantitative estimate of drug-likeness (QED) is 0.857. The summed E-state index contributed by atoms with van der Waals surface area (Å²) in [7, 11) is 0. The van der Waals surface area contributed by atoms with Crippen molar-refractivity contribution >= 4 is 23.0 Å². The minimum Gasteiger partial charge on any atom is -0.346 e. The standard InChI is InChI=1S/C19H22FN3S/c1-15-5-7-16(8-6-15)14-22-9-11-23(12-10-22)19(24)21-18-4-2-3-17(20)13-18/h2-8,13H,9-12,14H2,1H3,(H,21,24). The summed E-state index contributed by atoms with van der Waals surface area (Å²) in [6.07, 6.45) is 0. The third-order valence-corrected chi connectivity index (χ3v) is 4.62. The molecule has 1 heterocycles. The van der Waals surface area contributed by atoms with Crippen LogP contribution in [0.5, 0.6) is 0 Å². The molecule has 0 amide bonds. The van der Waals surface area contributed by atoms with Gasteiger partial charge in [-0.3, -0.25) is 4.90 Å². The van der Waals surface area contributed by atoms with Crippen LogP contribution in [0.15, 0.2) is 48.5 Å². The van der Waals surface area contributed by atoms with E-state index in [1.165, 1.54) is 23.3 Å². The number of nitrogens with one attached hydrogen (secondary N) is 1. The second-order valence-corrected chi connectivity index (χ2v) is 6.58. The smallest absolute Gasteiger partial charge is 0.173 e. The SMILES string of the molecule is Cc1ccc(CN2CCN(C(=S)Nc3cccc(F)c3)CC2)cc1. The molecule has 1 fully saturated rings. The Balaban J connectivity index is 1.49. The third kappa shape index (κ3) is 4.52. The van der Waals surface area contributed by atoms with Crippen molar-refractivity contribution in [1.29, 1.82) is 0 Å². The van der Waals surface area contributed by atoms with E-state index in [1.807, 2.05) is 6.07 Å². The number of nitrogens with zero attached hydrogens (tertiary/aromatic N) is 2. The van der Waals surface area contributed by atoms with Crippen molar-refractivity contribution in [3.05, 3.63) is 65.5 Å². The lowest BCUT2D eigenvalue weighted by atomic mass is 10.1. The summed E-state index contributed by atoms with van der Waals surface area (Å²) in [5.74, 6) is -0.259. The van der Waals surface area contributed by atoms with E-state index < -0.39 is 0 Å². The summed E-state index contributed by atoms with van der Waals surface area (Å²) in [6, 6.07) is 15.1. The van der Waals surface area contributed by atoms with Crippen LogP contribution in [0.25, 0.3) is 0 Å². The fourth-order valence-corrected chi connectivity index (χ4v) is 3.13. The minimum absolute atomic E-state index is 0.259. The molecular weight excluding hydrogens is 321 g/mol. The van der Waals surface area contributed by atoms with Gasteiger partial charge in [0.05, 0.1) is 0 Å². The molecule has 0 spiro atoms. The maximum atomic E-state index is 13.2. The number of benzene rings is 2. The summed E-state index contributed by atoms with van der Waals surface area (Å²) < 4.78 is 13.2. The number of hydrogen-bond acceptors (Lipinski definition) is 2. The van der Waals surface area contributed by atoms with Crippen molar-refractivity contribution in [2.45, 2.75) is 13.5 Å². The molecule has 2 aromatic rings. The molecule has 0 atom stereocenters. The molecule has 3 nitrogen and oxygen atoms in total. The van der Waals surface area contributed by atoms with Crippen LogP contribution in [0, 0.1) is 12.7 Å². The van der Waals surface area contributed by atoms with Crippen LogP contribution in [0.3, 0.4) is 0 Å². The molecule has 0 bridgehead atoms. The van der Waals surface area contributed by atoms with Crippen LogP contribution in [-0.2, 0) is 6.54 Å². The maximum absolute atomic E-state index is 13.2. The van der Waals surface area contributed by atoms with Gasteiger partial charge in [-0.2, -0.15) is 0 Å². The Labute approximate surface area is 148 Å². The Kier molecular flexibility index (Phi) is 5.43. The molecule has 2 aromatic carbocycles. The van der Waals surface area contributed by atoms with Gasteiger partial charge in [-0.1, -0.05) is 35.9 Å². The van der Waals surface area contributed by atoms with Crippen LogP contribution in [0.4, 0.5) is 10.1 Å². The average molecular weight is 343 g/mol.